The van der Waals surface area contributed by atoms with E-state index in [2.05, 4.69) is 0 Å². The molecule has 0 bridgehead atoms. The van der Waals surface area contributed by atoms with Crippen molar-refractivity contribution in [3.05, 3.63) is 65.7 Å². The number of fused-ring (bicyclic) bond motifs is 1. The Morgan fingerprint density at radius 1 is 0.962 bits per heavy atom. The van der Waals surface area contributed by atoms with Crippen LogP contribution in [0.25, 0.3) is 0 Å². The zero-order valence-corrected chi connectivity index (χ0v) is 15.5. The molecular weight excluding hydrogens is 348 g/mol. The molecule has 2 aromatic rings. The second-order valence-electron chi connectivity index (χ2n) is 7.20. The van der Waals surface area contributed by atoms with E-state index >= 15 is 0 Å². The number of hydrogen-bond donors (Lipinski definition) is 0. The fraction of sp³-hybridized carbons (Fsp3) is 0.350. The highest BCUT2D eigenvalue weighted by molar-refractivity contribution is 7.91. The highest BCUT2D eigenvalue weighted by atomic mass is 32.2. The number of hydrogen-bond acceptors (Lipinski definition) is 4. The van der Waals surface area contributed by atoms with Crippen LogP contribution >= 0.6 is 0 Å². The SMILES string of the molecule is Cc1ccc(CN2CC(=O)N(c3ccccc3)C3CS(=O)(=O)CC32)cc1. The summed E-state index contributed by atoms with van der Waals surface area (Å²) in [4.78, 5) is 16.6. The van der Waals surface area contributed by atoms with Crippen LogP contribution in [-0.2, 0) is 21.2 Å². The molecule has 0 radical (unpaired) electrons. The first-order chi connectivity index (χ1) is 12.4. The van der Waals surface area contributed by atoms with Crippen molar-refractivity contribution in [1.82, 2.24) is 4.90 Å². The molecule has 2 aromatic carbocycles. The lowest BCUT2D eigenvalue weighted by Gasteiger charge is -2.43. The largest absolute Gasteiger partial charge is 0.306 e. The highest BCUT2D eigenvalue weighted by Crippen LogP contribution is 2.32. The van der Waals surface area contributed by atoms with Crippen molar-refractivity contribution in [3.63, 3.8) is 0 Å². The smallest absolute Gasteiger partial charge is 0.241 e. The first kappa shape index (κ1) is 17.2. The number of amides is 1. The molecule has 6 heteroatoms. The van der Waals surface area contributed by atoms with Gasteiger partial charge in [0.1, 0.15) is 0 Å². The standard InChI is InChI=1S/C20H22N2O3S/c1-15-7-9-16(10-8-15)11-21-12-20(23)22(17-5-3-2-4-6-17)19-14-26(24,25)13-18(19)21/h2-10,18-19H,11-14H2,1H3. The van der Waals surface area contributed by atoms with Crippen molar-refractivity contribution in [2.75, 3.05) is 23.0 Å². The van der Waals surface area contributed by atoms with Crippen LogP contribution in [0.2, 0.25) is 0 Å². The number of piperazine rings is 1. The van der Waals surface area contributed by atoms with Gasteiger partial charge in [-0.3, -0.25) is 9.69 Å². The number of sulfone groups is 1. The molecule has 0 spiro atoms. The number of anilines is 1. The van der Waals surface area contributed by atoms with Gasteiger partial charge in [0.25, 0.3) is 0 Å². The Morgan fingerprint density at radius 3 is 2.31 bits per heavy atom. The van der Waals surface area contributed by atoms with Crippen molar-refractivity contribution < 1.29 is 13.2 Å². The van der Waals surface area contributed by atoms with Crippen LogP contribution in [0.4, 0.5) is 5.69 Å². The lowest BCUT2D eigenvalue weighted by molar-refractivity contribution is -0.123. The van der Waals surface area contributed by atoms with E-state index in [1.807, 2.05) is 66.4 Å². The van der Waals surface area contributed by atoms with Crippen molar-refractivity contribution in [2.24, 2.45) is 0 Å². The molecule has 5 nitrogen and oxygen atoms in total. The Hall–Kier alpha value is -2.18. The number of aryl methyl sites for hydroxylation is 1. The van der Waals surface area contributed by atoms with Crippen LogP contribution in [0, 0.1) is 6.92 Å². The predicted molar refractivity (Wildman–Crippen MR) is 102 cm³/mol. The molecule has 0 aromatic heterocycles. The first-order valence-corrected chi connectivity index (χ1v) is 10.6. The number of para-hydroxylation sites is 1. The summed E-state index contributed by atoms with van der Waals surface area (Å²) in [5.74, 6) is 0.102. The minimum atomic E-state index is -3.16. The van der Waals surface area contributed by atoms with Crippen molar-refractivity contribution in [3.8, 4) is 0 Å². The van der Waals surface area contributed by atoms with E-state index in [0.717, 1.165) is 11.3 Å². The third-order valence-electron chi connectivity index (χ3n) is 5.24. The summed E-state index contributed by atoms with van der Waals surface area (Å²) in [6.45, 7) is 2.86. The van der Waals surface area contributed by atoms with E-state index in [9.17, 15) is 13.2 Å². The maximum absolute atomic E-state index is 12.9. The topological polar surface area (TPSA) is 57.7 Å². The monoisotopic (exact) mass is 370 g/mol. The molecule has 2 atom stereocenters. The predicted octanol–water partition coefficient (Wildman–Crippen LogP) is 2.01. The van der Waals surface area contributed by atoms with Gasteiger partial charge in [0.2, 0.25) is 5.91 Å². The van der Waals surface area contributed by atoms with Crippen LogP contribution in [0.3, 0.4) is 0 Å². The Balaban J connectivity index is 1.65. The average Bonchev–Trinajstić information content (AvgIpc) is 2.93. The van der Waals surface area contributed by atoms with Crippen LogP contribution in [-0.4, -0.2) is 49.4 Å². The molecule has 0 N–H and O–H groups in total. The van der Waals surface area contributed by atoms with Crippen molar-refractivity contribution >= 4 is 21.4 Å². The van der Waals surface area contributed by atoms with Gasteiger partial charge in [0, 0.05) is 18.3 Å². The molecule has 0 aliphatic carbocycles. The number of rotatable bonds is 3. The third kappa shape index (κ3) is 3.27. The Bertz CT molecular complexity index is 910. The molecule has 2 heterocycles. The van der Waals surface area contributed by atoms with Crippen LogP contribution in [0.1, 0.15) is 11.1 Å². The molecule has 26 heavy (non-hydrogen) atoms. The molecule has 2 saturated heterocycles. The van der Waals surface area contributed by atoms with E-state index in [4.69, 9.17) is 0 Å². The maximum Gasteiger partial charge on any atom is 0.241 e. The fourth-order valence-electron chi connectivity index (χ4n) is 3.98. The molecular formula is C20H22N2O3S. The number of carbonyl (C=O) groups is 1. The fourth-order valence-corrected chi connectivity index (χ4v) is 5.96. The highest BCUT2D eigenvalue weighted by Gasteiger charge is 2.49. The molecule has 136 valence electrons. The van der Waals surface area contributed by atoms with E-state index in [1.165, 1.54) is 5.56 Å². The normalized spacial score (nSPS) is 25.3. The molecule has 0 saturated carbocycles. The van der Waals surface area contributed by atoms with Crippen LogP contribution < -0.4 is 4.90 Å². The zero-order valence-electron chi connectivity index (χ0n) is 14.7. The molecule has 4 rings (SSSR count). The summed E-state index contributed by atoms with van der Waals surface area (Å²) in [7, 11) is -3.16. The third-order valence-corrected chi connectivity index (χ3v) is 6.94. The molecule has 2 aliphatic rings. The quantitative estimate of drug-likeness (QED) is 0.829. The van der Waals surface area contributed by atoms with E-state index in [0.29, 0.717) is 6.54 Å². The van der Waals surface area contributed by atoms with Gasteiger partial charge in [0.15, 0.2) is 9.84 Å². The van der Waals surface area contributed by atoms with Crippen molar-refractivity contribution in [2.45, 2.75) is 25.6 Å². The number of nitrogens with zero attached hydrogens (tertiary/aromatic N) is 2. The van der Waals surface area contributed by atoms with Gasteiger partial charge < -0.3 is 4.90 Å². The van der Waals surface area contributed by atoms with Crippen LogP contribution in [0.15, 0.2) is 54.6 Å². The van der Waals surface area contributed by atoms with E-state index in [-0.39, 0.29) is 36.0 Å². The van der Waals surface area contributed by atoms with Crippen LogP contribution in [0.5, 0.6) is 0 Å². The second kappa shape index (κ2) is 6.52. The van der Waals surface area contributed by atoms with E-state index < -0.39 is 9.84 Å². The molecule has 2 unspecified atom stereocenters. The molecule has 2 aliphatic heterocycles. The summed E-state index contributed by atoms with van der Waals surface area (Å²) in [5, 5.41) is 0. The Labute approximate surface area is 154 Å². The maximum atomic E-state index is 12.9. The van der Waals surface area contributed by atoms with Gasteiger partial charge in [-0.1, -0.05) is 48.0 Å². The van der Waals surface area contributed by atoms with Gasteiger partial charge in [-0.15, -0.1) is 0 Å². The molecule has 1 amide bonds. The summed E-state index contributed by atoms with van der Waals surface area (Å²) in [5.41, 5.74) is 3.05. The average molecular weight is 370 g/mol. The zero-order chi connectivity index (χ0) is 18.3. The minimum Gasteiger partial charge on any atom is -0.306 e. The summed E-state index contributed by atoms with van der Waals surface area (Å²) >= 11 is 0. The minimum absolute atomic E-state index is 0.0305. The Morgan fingerprint density at radius 2 is 1.62 bits per heavy atom. The summed E-state index contributed by atoms with van der Waals surface area (Å²) in [6.07, 6.45) is 0. The molecule has 2 fully saturated rings. The number of carbonyl (C=O) groups excluding carboxylic acids is 1. The van der Waals surface area contributed by atoms with Crippen molar-refractivity contribution in [1.29, 1.82) is 0 Å². The van der Waals surface area contributed by atoms with E-state index in [1.54, 1.807) is 4.90 Å². The lowest BCUT2D eigenvalue weighted by Crippen LogP contribution is -2.61. The Kier molecular flexibility index (Phi) is 4.32. The lowest BCUT2D eigenvalue weighted by atomic mass is 10.0. The van der Waals surface area contributed by atoms with Gasteiger partial charge >= 0.3 is 0 Å². The van der Waals surface area contributed by atoms with Gasteiger partial charge in [-0.05, 0) is 24.6 Å². The first-order valence-electron chi connectivity index (χ1n) is 8.80. The summed E-state index contributed by atoms with van der Waals surface area (Å²) < 4.78 is 24.7. The number of benzene rings is 2. The van der Waals surface area contributed by atoms with Gasteiger partial charge in [-0.25, -0.2) is 8.42 Å². The van der Waals surface area contributed by atoms with Gasteiger partial charge in [-0.2, -0.15) is 0 Å². The van der Waals surface area contributed by atoms with Gasteiger partial charge in [0.05, 0.1) is 24.1 Å². The second-order valence-corrected chi connectivity index (χ2v) is 9.36. The summed E-state index contributed by atoms with van der Waals surface area (Å²) in [6, 6.07) is 17.1.